The molecular formula is C49H32N2. The van der Waals surface area contributed by atoms with E-state index in [0.29, 0.717) is 0 Å². The first-order valence-corrected chi connectivity index (χ1v) is 17.5. The summed E-state index contributed by atoms with van der Waals surface area (Å²) >= 11 is 0. The van der Waals surface area contributed by atoms with Crippen LogP contribution in [0.4, 0.5) is 17.1 Å². The van der Waals surface area contributed by atoms with Gasteiger partial charge in [0, 0.05) is 17.6 Å². The van der Waals surface area contributed by atoms with Crippen LogP contribution in [0.3, 0.4) is 0 Å². The van der Waals surface area contributed by atoms with Crippen LogP contribution in [-0.2, 0) is 0 Å². The third-order valence-corrected chi connectivity index (χ3v) is 10.3. The van der Waals surface area contributed by atoms with Crippen LogP contribution in [0.5, 0.6) is 0 Å². The summed E-state index contributed by atoms with van der Waals surface area (Å²) in [5.74, 6) is 0. The molecule has 0 fully saturated rings. The van der Waals surface area contributed by atoms with Crippen molar-refractivity contribution < 1.29 is 0 Å². The van der Waals surface area contributed by atoms with E-state index in [2.05, 4.69) is 186 Å². The lowest BCUT2D eigenvalue weighted by atomic mass is 9.82. The Kier molecular flexibility index (Phi) is 6.85. The van der Waals surface area contributed by atoms with E-state index in [0.717, 1.165) is 17.1 Å². The zero-order valence-corrected chi connectivity index (χ0v) is 27.9. The van der Waals surface area contributed by atoms with Crippen molar-refractivity contribution in [2.45, 2.75) is 0 Å². The normalized spacial score (nSPS) is 11.5. The predicted octanol–water partition coefficient (Wildman–Crippen LogP) is 13.5. The molecule has 0 spiro atoms. The molecule has 0 radical (unpaired) electrons. The van der Waals surface area contributed by atoms with Gasteiger partial charge in [0.25, 0.3) is 0 Å². The molecule has 1 heterocycles. The van der Waals surface area contributed by atoms with Gasteiger partial charge in [0.1, 0.15) is 0 Å². The van der Waals surface area contributed by atoms with Gasteiger partial charge in [0.2, 0.25) is 0 Å². The lowest BCUT2D eigenvalue weighted by molar-refractivity contribution is 1.23. The fourth-order valence-electron chi connectivity index (χ4n) is 8.09. The number of fused-ring (bicyclic) bond motifs is 4. The average Bonchev–Trinajstić information content (AvgIpc) is 3.53. The zero-order chi connectivity index (χ0) is 33.7. The second kappa shape index (κ2) is 12.0. The minimum absolute atomic E-state index is 1.02. The van der Waals surface area contributed by atoms with E-state index >= 15 is 0 Å². The molecule has 2 heteroatoms. The van der Waals surface area contributed by atoms with Crippen molar-refractivity contribution in [3.05, 3.63) is 194 Å². The van der Waals surface area contributed by atoms with E-state index in [1.54, 1.807) is 0 Å². The maximum atomic E-state index is 4.42. The topological polar surface area (TPSA) is 16.1 Å². The maximum Gasteiger partial charge on any atom is 0.0644 e. The molecule has 9 aromatic rings. The highest BCUT2D eigenvalue weighted by Crippen LogP contribution is 2.57. The highest BCUT2D eigenvalue weighted by molar-refractivity contribution is 6.27. The van der Waals surface area contributed by atoms with Gasteiger partial charge in [-0.1, -0.05) is 140 Å². The average molecular weight is 649 g/mol. The first-order chi connectivity index (χ1) is 25.3. The highest BCUT2D eigenvalue weighted by atomic mass is 15.1. The van der Waals surface area contributed by atoms with Crippen molar-refractivity contribution in [2.75, 3.05) is 4.90 Å². The van der Waals surface area contributed by atoms with Crippen molar-refractivity contribution >= 4 is 38.6 Å². The Balaban J connectivity index is 1.22. The molecule has 0 amide bonds. The molecule has 0 bridgehead atoms. The monoisotopic (exact) mass is 648 g/mol. The summed E-state index contributed by atoms with van der Waals surface area (Å²) < 4.78 is 0. The SMILES string of the molecule is c1ccc(-c2c3c(c(-c4ccccc4)c4cc(-c5ccc(N(c6ccccc6)c6cccnc6)cc5)ccc24)-c2cccc4cccc-3c24)cc1. The van der Waals surface area contributed by atoms with Crippen molar-refractivity contribution in [2.24, 2.45) is 0 Å². The van der Waals surface area contributed by atoms with Gasteiger partial charge < -0.3 is 4.90 Å². The molecule has 238 valence electrons. The Labute approximate surface area is 297 Å². The Hall–Kier alpha value is -6.77. The fraction of sp³-hybridized carbons (Fsp3) is 0. The molecule has 0 N–H and O–H groups in total. The van der Waals surface area contributed by atoms with Gasteiger partial charge in [-0.05, 0) is 120 Å². The lowest BCUT2D eigenvalue weighted by Gasteiger charge is -2.25. The molecule has 0 unspecified atom stereocenters. The van der Waals surface area contributed by atoms with Crippen molar-refractivity contribution in [1.82, 2.24) is 4.98 Å². The zero-order valence-electron chi connectivity index (χ0n) is 27.9. The summed E-state index contributed by atoms with van der Waals surface area (Å²) in [6, 6.07) is 65.9. The number of nitrogens with zero attached hydrogens (tertiary/aromatic N) is 2. The van der Waals surface area contributed by atoms with Crippen LogP contribution in [0.25, 0.3) is 77.2 Å². The number of anilines is 3. The minimum atomic E-state index is 1.02. The van der Waals surface area contributed by atoms with Crippen molar-refractivity contribution in [3.8, 4) is 55.6 Å². The first-order valence-electron chi connectivity index (χ1n) is 17.5. The van der Waals surface area contributed by atoms with Gasteiger partial charge in [-0.2, -0.15) is 0 Å². The van der Waals surface area contributed by atoms with E-state index in [1.807, 2.05) is 18.5 Å². The molecular weight excluding hydrogens is 617 g/mol. The van der Waals surface area contributed by atoms with Crippen molar-refractivity contribution in [3.63, 3.8) is 0 Å². The molecule has 51 heavy (non-hydrogen) atoms. The largest absolute Gasteiger partial charge is 0.309 e. The number of rotatable bonds is 6. The van der Waals surface area contributed by atoms with E-state index < -0.39 is 0 Å². The Bertz CT molecular complexity index is 2660. The predicted molar refractivity (Wildman–Crippen MR) is 215 cm³/mol. The van der Waals surface area contributed by atoms with Crippen LogP contribution in [-0.4, -0.2) is 4.98 Å². The smallest absolute Gasteiger partial charge is 0.0644 e. The molecule has 0 aliphatic heterocycles. The van der Waals surface area contributed by atoms with Gasteiger partial charge in [0.15, 0.2) is 0 Å². The molecule has 8 aromatic carbocycles. The molecule has 0 saturated heterocycles. The summed E-state index contributed by atoms with van der Waals surface area (Å²) in [6.45, 7) is 0. The number of para-hydroxylation sites is 1. The van der Waals surface area contributed by atoms with Crippen LogP contribution in [0.1, 0.15) is 0 Å². The molecule has 0 saturated carbocycles. The van der Waals surface area contributed by atoms with Gasteiger partial charge in [-0.25, -0.2) is 0 Å². The summed E-state index contributed by atoms with van der Waals surface area (Å²) in [4.78, 5) is 6.67. The number of aromatic nitrogens is 1. The number of pyridine rings is 1. The summed E-state index contributed by atoms with van der Waals surface area (Å²) in [5.41, 5.74) is 15.9. The van der Waals surface area contributed by atoms with Crippen LogP contribution >= 0.6 is 0 Å². The lowest BCUT2D eigenvalue weighted by Crippen LogP contribution is -2.09. The molecule has 1 aliphatic carbocycles. The van der Waals surface area contributed by atoms with Crippen molar-refractivity contribution in [1.29, 1.82) is 0 Å². The number of benzene rings is 8. The van der Waals surface area contributed by atoms with Gasteiger partial charge in [-0.15, -0.1) is 0 Å². The Morgan fingerprint density at radius 1 is 0.353 bits per heavy atom. The van der Waals surface area contributed by atoms with Gasteiger partial charge >= 0.3 is 0 Å². The fourth-order valence-corrected chi connectivity index (χ4v) is 8.09. The third-order valence-electron chi connectivity index (χ3n) is 10.3. The third kappa shape index (κ3) is 4.76. The molecule has 1 aromatic heterocycles. The molecule has 0 atom stereocenters. The Morgan fingerprint density at radius 2 is 0.902 bits per heavy atom. The second-order valence-electron chi connectivity index (χ2n) is 13.1. The van der Waals surface area contributed by atoms with Gasteiger partial charge in [-0.3, -0.25) is 4.98 Å². The molecule has 2 nitrogen and oxygen atoms in total. The van der Waals surface area contributed by atoms with Gasteiger partial charge in [0.05, 0.1) is 11.9 Å². The standard InChI is InChI=1S/C49H32N2/c1-4-13-35(14-5-1)46-41-29-26-37(33-24-27-39(28-25-33)51(38-19-8-3-9-20-38)40-21-12-30-50-32-40)31-44(41)47(36-15-6-2-7-16-36)49-43-23-11-18-34-17-10-22-42(45(34)43)48(46)49/h1-32H. The van der Waals surface area contributed by atoms with Crippen LogP contribution in [0, 0.1) is 0 Å². The number of hydrogen-bond acceptors (Lipinski definition) is 2. The van der Waals surface area contributed by atoms with Crippen LogP contribution in [0.2, 0.25) is 0 Å². The van der Waals surface area contributed by atoms with Crippen LogP contribution in [0.15, 0.2) is 194 Å². The minimum Gasteiger partial charge on any atom is -0.309 e. The molecule has 10 rings (SSSR count). The van der Waals surface area contributed by atoms with E-state index in [4.69, 9.17) is 0 Å². The summed E-state index contributed by atoms with van der Waals surface area (Å²) in [6.07, 6.45) is 3.73. The van der Waals surface area contributed by atoms with E-state index in [9.17, 15) is 0 Å². The maximum absolute atomic E-state index is 4.42. The van der Waals surface area contributed by atoms with E-state index in [1.165, 1.54) is 77.2 Å². The second-order valence-corrected chi connectivity index (χ2v) is 13.1. The quantitative estimate of drug-likeness (QED) is 0.178. The highest BCUT2D eigenvalue weighted by Gasteiger charge is 2.30. The summed E-state index contributed by atoms with van der Waals surface area (Å²) in [7, 11) is 0. The molecule has 1 aliphatic rings. The van der Waals surface area contributed by atoms with Crippen LogP contribution < -0.4 is 4.90 Å². The Morgan fingerprint density at radius 3 is 1.51 bits per heavy atom. The van der Waals surface area contributed by atoms with E-state index in [-0.39, 0.29) is 0 Å². The first kappa shape index (κ1) is 29.2. The summed E-state index contributed by atoms with van der Waals surface area (Å²) in [5, 5.41) is 5.13. The number of hydrogen-bond donors (Lipinski definition) is 0.